The molecule has 0 heterocycles. The molecule has 0 spiro atoms. The number of rotatable bonds is 5. The van der Waals surface area contributed by atoms with Crippen molar-refractivity contribution in [3.8, 4) is 11.1 Å². The summed E-state index contributed by atoms with van der Waals surface area (Å²) in [6.07, 6.45) is 2.02. The van der Waals surface area contributed by atoms with Crippen molar-refractivity contribution in [2.24, 2.45) is 0 Å². The van der Waals surface area contributed by atoms with E-state index in [9.17, 15) is 4.79 Å². The summed E-state index contributed by atoms with van der Waals surface area (Å²) in [5.41, 5.74) is 5.07. The molecular weight excluding hydrogens is 399 g/mol. The summed E-state index contributed by atoms with van der Waals surface area (Å²) in [7, 11) is -3.32. The number of fused-ring (bicyclic) bond motifs is 3. The zero-order chi connectivity index (χ0) is 21.4. The van der Waals surface area contributed by atoms with E-state index >= 15 is 4.57 Å². The van der Waals surface area contributed by atoms with Gasteiger partial charge in [-0.2, -0.15) is 0 Å². The molecule has 2 nitrogen and oxygen atoms in total. The number of benzene rings is 4. The average Bonchev–Trinajstić information content (AvgIpc) is 3.22. The zero-order valence-electron chi connectivity index (χ0n) is 17.0. The predicted molar refractivity (Wildman–Crippen MR) is 129 cm³/mol. The highest BCUT2D eigenvalue weighted by Gasteiger charge is 2.36. The van der Waals surface area contributed by atoms with Crippen LogP contribution in [0.25, 0.3) is 11.1 Å². The Kier molecular flexibility index (Phi) is 4.81. The Morgan fingerprint density at radius 2 is 1.39 bits per heavy atom. The molecule has 0 fully saturated rings. The molecule has 1 aliphatic rings. The van der Waals surface area contributed by atoms with Crippen molar-refractivity contribution in [3.05, 3.63) is 126 Å². The summed E-state index contributed by atoms with van der Waals surface area (Å²) in [6, 6.07) is 31.1. The normalized spacial score (nSPS) is 13.7. The van der Waals surface area contributed by atoms with Gasteiger partial charge in [-0.3, -0.25) is 4.79 Å². The van der Waals surface area contributed by atoms with Crippen molar-refractivity contribution >= 4 is 28.8 Å². The Balaban J connectivity index is 1.84. The van der Waals surface area contributed by atoms with Gasteiger partial charge < -0.3 is 4.57 Å². The van der Waals surface area contributed by atoms with Crippen LogP contribution in [0.5, 0.6) is 0 Å². The molecule has 31 heavy (non-hydrogen) atoms. The number of hydrogen-bond donors (Lipinski definition) is 0. The number of hydrogen-bond acceptors (Lipinski definition) is 2. The van der Waals surface area contributed by atoms with Crippen LogP contribution in [0.1, 0.15) is 21.5 Å². The van der Waals surface area contributed by atoms with E-state index in [1.54, 1.807) is 12.1 Å². The minimum Gasteiger partial charge on any atom is -0.309 e. The maximum Gasteiger partial charge on any atom is 0.186 e. The molecule has 1 unspecified atom stereocenters. The van der Waals surface area contributed by atoms with Crippen LogP contribution >= 0.6 is 7.14 Å². The highest BCUT2D eigenvalue weighted by atomic mass is 31.2. The Hall–Kier alpha value is -3.48. The highest BCUT2D eigenvalue weighted by Crippen LogP contribution is 2.48. The van der Waals surface area contributed by atoms with Gasteiger partial charge in [0, 0.05) is 21.5 Å². The highest BCUT2D eigenvalue weighted by molar-refractivity contribution is 7.85. The van der Waals surface area contributed by atoms with Gasteiger partial charge in [0.2, 0.25) is 0 Å². The van der Waals surface area contributed by atoms with E-state index in [0.717, 1.165) is 28.2 Å². The zero-order valence-corrected chi connectivity index (χ0v) is 17.9. The molecule has 0 saturated carbocycles. The Morgan fingerprint density at radius 3 is 2.19 bits per heavy atom. The number of carbonyl (C=O) groups is 1. The smallest absolute Gasteiger partial charge is 0.186 e. The lowest BCUT2D eigenvalue weighted by molar-refractivity contribution is 0.104. The van der Waals surface area contributed by atoms with E-state index in [0.29, 0.717) is 10.9 Å². The van der Waals surface area contributed by atoms with Crippen LogP contribution in [0.3, 0.4) is 0 Å². The minimum absolute atomic E-state index is 0.220. The third kappa shape index (κ3) is 3.03. The summed E-state index contributed by atoms with van der Waals surface area (Å²) >= 11 is 0. The standard InChI is InChI=1S/C28H21O2P/c1-2-26(29)24-15-8-9-17-27(24)31(30,21-12-4-3-5-13-21)28-18-10-16-23-22-14-7-6-11-20(22)19-25(23)28/h2-18H,1,19H2. The molecule has 0 aliphatic heterocycles. The molecule has 0 amide bonds. The first-order valence-corrected chi connectivity index (χ1v) is 12.0. The van der Waals surface area contributed by atoms with Crippen LogP contribution in [0.15, 0.2) is 110 Å². The monoisotopic (exact) mass is 420 g/mol. The number of allylic oxidation sites excluding steroid dienone is 1. The molecular formula is C28H21O2P. The molecule has 0 bridgehead atoms. The van der Waals surface area contributed by atoms with E-state index in [1.807, 2.05) is 66.7 Å². The maximum atomic E-state index is 15.2. The topological polar surface area (TPSA) is 34.1 Å². The first-order chi connectivity index (χ1) is 15.1. The second kappa shape index (κ2) is 7.65. The first-order valence-electron chi connectivity index (χ1n) is 10.3. The summed E-state index contributed by atoms with van der Waals surface area (Å²) in [5.74, 6) is -0.220. The SMILES string of the molecule is C=CC(=O)c1ccccc1P(=O)(c1ccccc1)c1cccc2c1Cc1ccccc1-2. The van der Waals surface area contributed by atoms with E-state index in [4.69, 9.17) is 0 Å². The van der Waals surface area contributed by atoms with Crippen molar-refractivity contribution in [1.82, 2.24) is 0 Å². The Bertz CT molecular complexity index is 1370. The summed E-state index contributed by atoms with van der Waals surface area (Å²) in [6.45, 7) is 3.65. The predicted octanol–water partition coefficient (Wildman–Crippen LogP) is 5.27. The van der Waals surface area contributed by atoms with Crippen molar-refractivity contribution < 1.29 is 9.36 Å². The Labute approximate surface area is 182 Å². The van der Waals surface area contributed by atoms with Crippen LogP contribution < -0.4 is 15.9 Å². The van der Waals surface area contributed by atoms with Crippen LogP contribution in [-0.2, 0) is 11.0 Å². The lowest BCUT2D eigenvalue weighted by Gasteiger charge is -2.24. The van der Waals surface area contributed by atoms with Crippen LogP contribution in [0.2, 0.25) is 0 Å². The van der Waals surface area contributed by atoms with E-state index in [-0.39, 0.29) is 5.78 Å². The van der Waals surface area contributed by atoms with Gasteiger partial charge in [-0.1, -0.05) is 104 Å². The van der Waals surface area contributed by atoms with Crippen molar-refractivity contribution in [1.29, 1.82) is 0 Å². The van der Waals surface area contributed by atoms with E-state index in [2.05, 4.69) is 24.8 Å². The molecule has 5 rings (SSSR count). The minimum atomic E-state index is -3.32. The fourth-order valence-corrected chi connectivity index (χ4v) is 7.65. The van der Waals surface area contributed by atoms with E-state index < -0.39 is 7.14 Å². The van der Waals surface area contributed by atoms with Gasteiger partial charge >= 0.3 is 0 Å². The average molecular weight is 420 g/mol. The van der Waals surface area contributed by atoms with Crippen molar-refractivity contribution in [3.63, 3.8) is 0 Å². The number of ketones is 1. The van der Waals surface area contributed by atoms with Gasteiger partial charge in [0.05, 0.1) is 0 Å². The van der Waals surface area contributed by atoms with Gasteiger partial charge in [-0.25, -0.2) is 0 Å². The summed E-state index contributed by atoms with van der Waals surface area (Å²) < 4.78 is 15.2. The summed E-state index contributed by atoms with van der Waals surface area (Å²) in [5, 5.41) is 2.09. The first kappa shape index (κ1) is 19.5. The molecule has 3 heteroatoms. The second-order valence-electron chi connectivity index (χ2n) is 7.67. The Morgan fingerprint density at radius 1 is 0.742 bits per heavy atom. The fraction of sp³-hybridized carbons (Fsp3) is 0.0357. The van der Waals surface area contributed by atoms with Crippen LogP contribution in [-0.4, -0.2) is 5.78 Å². The van der Waals surface area contributed by atoms with E-state index in [1.165, 1.54) is 17.2 Å². The molecule has 0 saturated heterocycles. The molecule has 1 aliphatic carbocycles. The van der Waals surface area contributed by atoms with Crippen LogP contribution in [0.4, 0.5) is 0 Å². The molecule has 1 atom stereocenters. The molecule has 0 aromatic heterocycles. The lowest BCUT2D eigenvalue weighted by Crippen LogP contribution is -2.30. The summed E-state index contributed by atoms with van der Waals surface area (Å²) in [4.78, 5) is 12.7. The third-order valence-electron chi connectivity index (χ3n) is 5.98. The van der Waals surface area contributed by atoms with Gasteiger partial charge in [-0.15, -0.1) is 0 Å². The number of carbonyl (C=O) groups excluding carboxylic acids is 1. The van der Waals surface area contributed by atoms with Crippen molar-refractivity contribution in [2.45, 2.75) is 6.42 Å². The third-order valence-corrected chi connectivity index (χ3v) is 9.17. The fourth-order valence-electron chi connectivity index (χ4n) is 4.55. The second-order valence-corrected chi connectivity index (χ2v) is 10.4. The largest absolute Gasteiger partial charge is 0.309 e. The molecule has 4 aromatic carbocycles. The molecule has 4 aromatic rings. The van der Waals surface area contributed by atoms with Gasteiger partial charge in [0.1, 0.15) is 0 Å². The van der Waals surface area contributed by atoms with Crippen LogP contribution in [0, 0.1) is 0 Å². The van der Waals surface area contributed by atoms with Crippen molar-refractivity contribution in [2.75, 3.05) is 0 Å². The lowest BCUT2D eigenvalue weighted by atomic mass is 10.1. The van der Waals surface area contributed by atoms with Gasteiger partial charge in [0.15, 0.2) is 12.9 Å². The van der Waals surface area contributed by atoms with Gasteiger partial charge in [0.25, 0.3) is 0 Å². The molecule has 0 N–H and O–H groups in total. The molecule has 150 valence electrons. The van der Waals surface area contributed by atoms with Gasteiger partial charge in [-0.05, 0) is 34.8 Å². The molecule has 0 radical (unpaired) electrons. The quantitative estimate of drug-likeness (QED) is 0.221. The maximum absolute atomic E-state index is 15.2.